The van der Waals surface area contributed by atoms with Crippen molar-refractivity contribution in [3.63, 3.8) is 0 Å². The normalized spacial score (nSPS) is 18.0. The van der Waals surface area contributed by atoms with Gasteiger partial charge >= 0.3 is 12.1 Å². The molecule has 1 aliphatic carbocycles. The summed E-state index contributed by atoms with van der Waals surface area (Å²) in [5, 5.41) is 23.8. The van der Waals surface area contributed by atoms with Crippen LogP contribution in [0.15, 0.2) is 29.3 Å². The minimum atomic E-state index is -4.81. The molecule has 16 heteroatoms. The molecule has 256 valence electrons. The Morgan fingerprint density at radius 2 is 1.85 bits per heavy atom. The van der Waals surface area contributed by atoms with Gasteiger partial charge in [0.25, 0.3) is 15.9 Å². The van der Waals surface area contributed by atoms with Gasteiger partial charge in [-0.2, -0.15) is 13.2 Å². The number of sulfonamides is 1. The number of hydrogen-bond acceptors (Lipinski definition) is 10. The molecular formula is C30H40F3N3O9S. The van der Waals surface area contributed by atoms with E-state index in [1.54, 1.807) is 6.92 Å². The van der Waals surface area contributed by atoms with Gasteiger partial charge in [0.05, 0.1) is 25.3 Å². The van der Waals surface area contributed by atoms with Crippen molar-refractivity contribution in [2.24, 2.45) is 11.8 Å². The minimum Gasteiger partial charge on any atom is -0.486 e. The summed E-state index contributed by atoms with van der Waals surface area (Å²) in [5.74, 6) is -2.12. The van der Waals surface area contributed by atoms with Crippen LogP contribution in [0.4, 0.5) is 18.9 Å². The van der Waals surface area contributed by atoms with E-state index in [9.17, 15) is 41.4 Å². The van der Waals surface area contributed by atoms with Crippen molar-refractivity contribution in [2.45, 2.75) is 95.2 Å². The Balaban J connectivity index is 1.76. The van der Waals surface area contributed by atoms with Crippen LogP contribution in [0.25, 0.3) is 0 Å². The van der Waals surface area contributed by atoms with Crippen LogP contribution in [0, 0.1) is 11.8 Å². The molecule has 46 heavy (non-hydrogen) atoms. The number of hydrogen-bond donors (Lipinski definition) is 2. The lowest BCUT2D eigenvalue weighted by Gasteiger charge is -2.39. The molecule has 1 saturated carbocycles. The number of nitrogens with zero attached hydrogens (tertiary/aromatic N) is 3. The monoisotopic (exact) mass is 675 g/mol. The lowest BCUT2D eigenvalue weighted by Crippen LogP contribution is -2.48. The highest BCUT2D eigenvalue weighted by Crippen LogP contribution is 2.47. The van der Waals surface area contributed by atoms with Crippen LogP contribution in [-0.4, -0.2) is 83.4 Å². The van der Waals surface area contributed by atoms with E-state index in [4.69, 9.17) is 14.2 Å². The van der Waals surface area contributed by atoms with E-state index in [2.05, 4.69) is 5.10 Å². The smallest absolute Gasteiger partial charge is 0.427 e. The Hall–Kier alpha value is -3.37. The Kier molecular flexibility index (Phi) is 10.0. The average molecular weight is 676 g/mol. The van der Waals surface area contributed by atoms with Crippen molar-refractivity contribution in [2.75, 3.05) is 24.1 Å². The van der Waals surface area contributed by atoms with Crippen molar-refractivity contribution >= 4 is 27.5 Å². The first kappa shape index (κ1) is 35.5. The molecule has 1 aromatic heterocycles. The van der Waals surface area contributed by atoms with Gasteiger partial charge in [0, 0.05) is 25.1 Å². The summed E-state index contributed by atoms with van der Waals surface area (Å²) in [4.78, 5) is 25.1. The number of aliphatic hydroxyl groups excluding tert-OH is 1. The van der Waals surface area contributed by atoms with Crippen LogP contribution in [-0.2, 0) is 37.3 Å². The second kappa shape index (κ2) is 13.0. The lowest BCUT2D eigenvalue weighted by atomic mass is 9.86. The third kappa shape index (κ3) is 7.77. The van der Waals surface area contributed by atoms with E-state index < -0.39 is 64.2 Å². The first-order valence-corrected chi connectivity index (χ1v) is 16.4. The molecule has 2 N–H and O–H groups in total. The fourth-order valence-corrected chi connectivity index (χ4v) is 6.66. The summed E-state index contributed by atoms with van der Waals surface area (Å²) in [6.07, 6.45) is -3.40. The van der Waals surface area contributed by atoms with Gasteiger partial charge in [0.1, 0.15) is 24.1 Å². The number of halogens is 3. The quantitative estimate of drug-likeness (QED) is 0.285. The number of esters is 1. The van der Waals surface area contributed by atoms with E-state index in [-0.39, 0.29) is 53.3 Å². The molecule has 2 aromatic rings. The highest BCUT2D eigenvalue weighted by atomic mass is 32.2. The molecule has 1 aromatic carbocycles. The Labute approximate surface area is 265 Å². The van der Waals surface area contributed by atoms with E-state index in [1.807, 2.05) is 0 Å². The summed E-state index contributed by atoms with van der Waals surface area (Å²) in [7, 11) is -4.48. The van der Waals surface area contributed by atoms with Gasteiger partial charge in [-0.05, 0) is 71.1 Å². The highest BCUT2D eigenvalue weighted by Gasteiger charge is 2.51. The number of aliphatic hydroxyl groups is 2. The highest BCUT2D eigenvalue weighted by molar-refractivity contribution is 7.93. The zero-order valence-corrected chi connectivity index (χ0v) is 27.2. The lowest BCUT2D eigenvalue weighted by molar-refractivity contribution is -0.257. The van der Waals surface area contributed by atoms with Crippen molar-refractivity contribution in [1.29, 1.82) is 0 Å². The molecule has 0 radical (unpaired) electrons. The Morgan fingerprint density at radius 1 is 1.17 bits per heavy atom. The molecule has 0 spiro atoms. The molecule has 1 aliphatic heterocycles. The molecule has 1 fully saturated rings. The average Bonchev–Trinajstić information content (AvgIpc) is 3.70. The topological polar surface area (TPSA) is 157 Å². The second-order valence-corrected chi connectivity index (χ2v) is 14.4. The van der Waals surface area contributed by atoms with Crippen molar-refractivity contribution < 1.29 is 55.6 Å². The van der Waals surface area contributed by atoms with Crippen LogP contribution in [0.1, 0.15) is 59.4 Å². The Morgan fingerprint density at radius 3 is 2.41 bits per heavy atom. The number of ketones is 1. The minimum absolute atomic E-state index is 0.0114. The van der Waals surface area contributed by atoms with Crippen molar-refractivity contribution in [3.05, 3.63) is 30.0 Å². The number of alkyl halides is 3. The summed E-state index contributed by atoms with van der Waals surface area (Å²) >= 11 is 0. The molecule has 2 heterocycles. The molecule has 4 rings (SSSR count). The van der Waals surface area contributed by atoms with Gasteiger partial charge in [-0.3, -0.25) is 18.6 Å². The van der Waals surface area contributed by atoms with Crippen LogP contribution < -0.4 is 13.8 Å². The molecule has 2 atom stereocenters. The number of aromatic nitrogens is 2. The molecule has 12 nitrogen and oxygen atoms in total. The second-order valence-electron chi connectivity index (χ2n) is 12.6. The van der Waals surface area contributed by atoms with Crippen molar-refractivity contribution in [3.8, 4) is 11.6 Å². The number of carbonyl (C=O) groups excluding carboxylic acids is 2. The fourth-order valence-electron chi connectivity index (χ4n) is 5.10. The third-order valence-electron chi connectivity index (χ3n) is 8.04. The zero-order valence-electron chi connectivity index (χ0n) is 26.3. The maximum atomic E-state index is 14.4. The van der Waals surface area contributed by atoms with Crippen molar-refractivity contribution in [1.82, 2.24) is 9.78 Å². The standard InChI is InChI=1S/C30H40F3N3O9S/c1-6-35-17-24(27(34-35)43-12-11-37)46(41,42)36-16-23(20(19-8-9-19)15-25(38)28(2,3)40)44-22-10-7-18(13-21(22)36)14-26(39)45-29(4,5)30(31,32)33/h7,10,13,17,19-20,23,37,40H,6,8-9,11-12,14-16H2,1-5H3/t20-,23+/m0/s1. The molecule has 0 bridgehead atoms. The largest absolute Gasteiger partial charge is 0.486 e. The van der Waals surface area contributed by atoms with Gasteiger partial charge in [0.2, 0.25) is 5.60 Å². The summed E-state index contributed by atoms with van der Waals surface area (Å²) in [5.41, 5.74) is -4.17. The Bertz CT molecular complexity index is 1550. The maximum absolute atomic E-state index is 14.4. The molecule has 0 unspecified atom stereocenters. The summed E-state index contributed by atoms with van der Waals surface area (Å²) in [6.45, 7) is 5.38. The van der Waals surface area contributed by atoms with E-state index in [1.165, 1.54) is 42.9 Å². The SMILES string of the molecule is CCn1cc(S(=O)(=O)N2C[C@H]([C@@H](CC(=O)C(C)(C)O)C3CC3)Oc3ccc(CC(=O)OC(C)(C)C(F)(F)F)cc32)c(OCCO)n1. The van der Waals surface area contributed by atoms with Gasteiger partial charge in [-0.1, -0.05) is 6.07 Å². The number of Topliss-reactive ketones (excluding diaryl/α,β-unsaturated/α-hetero) is 1. The van der Waals surface area contributed by atoms with Gasteiger partial charge < -0.3 is 24.4 Å². The fraction of sp³-hybridized carbons (Fsp3) is 0.633. The number of fused-ring (bicyclic) bond motifs is 1. The first-order chi connectivity index (χ1) is 21.3. The van der Waals surface area contributed by atoms with Crippen LogP contribution >= 0.6 is 0 Å². The maximum Gasteiger partial charge on any atom is 0.427 e. The predicted molar refractivity (Wildman–Crippen MR) is 158 cm³/mol. The van der Waals surface area contributed by atoms with E-state index >= 15 is 0 Å². The number of carbonyl (C=O) groups is 2. The summed E-state index contributed by atoms with van der Waals surface area (Å²) < 4.78 is 87.5. The molecular weight excluding hydrogens is 635 g/mol. The van der Waals surface area contributed by atoms with E-state index in [0.717, 1.165) is 31.0 Å². The van der Waals surface area contributed by atoms with Gasteiger partial charge in [0.15, 0.2) is 10.7 Å². The van der Waals surface area contributed by atoms with Gasteiger partial charge in [-0.15, -0.1) is 5.10 Å². The zero-order chi connectivity index (χ0) is 34.2. The molecule has 0 amide bonds. The number of ether oxygens (including phenoxy) is 3. The number of rotatable bonds is 14. The number of benzene rings is 1. The van der Waals surface area contributed by atoms with Crippen LogP contribution in [0.3, 0.4) is 0 Å². The number of aryl methyl sites for hydroxylation is 1. The van der Waals surface area contributed by atoms with E-state index in [0.29, 0.717) is 6.54 Å². The van der Waals surface area contributed by atoms with Crippen LogP contribution in [0.5, 0.6) is 11.6 Å². The molecule has 2 aliphatic rings. The third-order valence-corrected chi connectivity index (χ3v) is 9.81. The van der Waals surface area contributed by atoms with Crippen LogP contribution in [0.2, 0.25) is 0 Å². The first-order valence-electron chi connectivity index (χ1n) is 15.0. The van der Waals surface area contributed by atoms with Gasteiger partial charge in [-0.25, -0.2) is 8.42 Å². The summed E-state index contributed by atoms with van der Waals surface area (Å²) in [6, 6.07) is 4.17. The predicted octanol–water partition coefficient (Wildman–Crippen LogP) is 3.41. The number of anilines is 1. The molecule has 0 saturated heterocycles.